The number of carbonyl (C=O) groups excluding carboxylic acids is 2. The van der Waals surface area contributed by atoms with Gasteiger partial charge in [0.2, 0.25) is 5.91 Å². The van der Waals surface area contributed by atoms with E-state index in [4.69, 9.17) is 0 Å². The molecule has 5 nitrogen and oxygen atoms in total. The zero-order valence-corrected chi connectivity index (χ0v) is 10.1. The number of phenolic OH excluding ortho intramolecular Hbond substituents is 1. The number of hydrogen-bond donors (Lipinski definition) is 2. The van der Waals surface area contributed by atoms with Gasteiger partial charge in [-0.2, -0.15) is 0 Å². The molecule has 1 aliphatic rings. The fourth-order valence-electron chi connectivity index (χ4n) is 1.98. The van der Waals surface area contributed by atoms with E-state index >= 15 is 0 Å². The second-order valence-electron chi connectivity index (χ2n) is 4.32. The molecule has 1 heterocycles. The Kier molecular flexibility index (Phi) is 3.82. The van der Waals surface area contributed by atoms with Gasteiger partial charge in [-0.15, -0.1) is 0 Å². The Bertz CT molecular complexity index is 453. The van der Waals surface area contributed by atoms with Crippen molar-refractivity contribution in [2.75, 3.05) is 19.6 Å². The molecule has 0 atom stereocenters. The normalized spacial score (nSPS) is 14.6. The molecule has 0 spiro atoms. The van der Waals surface area contributed by atoms with Crippen molar-refractivity contribution in [3.63, 3.8) is 0 Å². The lowest BCUT2D eigenvalue weighted by atomic mass is 10.2. The minimum absolute atomic E-state index is 0.00842. The van der Waals surface area contributed by atoms with Gasteiger partial charge in [0.15, 0.2) is 0 Å². The third-order valence-electron chi connectivity index (χ3n) is 2.97. The minimum atomic E-state index is -0.349. The molecule has 0 bridgehead atoms. The lowest BCUT2D eigenvalue weighted by Crippen LogP contribution is -2.38. The Hall–Kier alpha value is -2.04. The lowest BCUT2D eigenvalue weighted by Gasteiger charge is -2.15. The minimum Gasteiger partial charge on any atom is -0.508 e. The Morgan fingerprint density at radius 1 is 1.28 bits per heavy atom. The maximum absolute atomic E-state index is 11.7. The first kappa shape index (κ1) is 12.4. The molecule has 96 valence electrons. The van der Waals surface area contributed by atoms with E-state index in [2.05, 4.69) is 5.32 Å². The fraction of sp³-hybridized carbons (Fsp3) is 0.385. The lowest BCUT2D eigenvalue weighted by molar-refractivity contribution is -0.129. The average Bonchev–Trinajstić information content (AvgIpc) is 2.89. The molecule has 0 radical (unpaired) electrons. The molecule has 1 aromatic rings. The van der Waals surface area contributed by atoms with Crippen molar-refractivity contribution in [1.29, 1.82) is 0 Å². The third-order valence-corrected chi connectivity index (χ3v) is 2.97. The summed E-state index contributed by atoms with van der Waals surface area (Å²) in [5, 5.41) is 11.8. The number of aromatic hydroxyl groups is 1. The van der Waals surface area contributed by atoms with Crippen LogP contribution >= 0.6 is 0 Å². The largest absolute Gasteiger partial charge is 0.508 e. The smallest absolute Gasteiger partial charge is 0.251 e. The highest BCUT2D eigenvalue weighted by molar-refractivity contribution is 5.96. The summed E-state index contributed by atoms with van der Waals surface area (Å²) in [4.78, 5) is 25.2. The summed E-state index contributed by atoms with van der Waals surface area (Å²) in [7, 11) is 0. The second-order valence-corrected chi connectivity index (χ2v) is 4.32. The van der Waals surface area contributed by atoms with Crippen molar-refractivity contribution >= 4 is 11.8 Å². The number of benzene rings is 1. The maximum Gasteiger partial charge on any atom is 0.251 e. The van der Waals surface area contributed by atoms with Crippen molar-refractivity contribution in [2.45, 2.75) is 12.8 Å². The highest BCUT2D eigenvalue weighted by Gasteiger charge is 2.18. The Balaban J connectivity index is 1.86. The number of phenols is 1. The molecule has 0 aliphatic carbocycles. The average molecular weight is 248 g/mol. The number of hydrogen-bond acceptors (Lipinski definition) is 3. The van der Waals surface area contributed by atoms with Crippen LogP contribution in [-0.2, 0) is 4.79 Å². The van der Waals surface area contributed by atoms with Gasteiger partial charge >= 0.3 is 0 Å². The van der Waals surface area contributed by atoms with E-state index in [9.17, 15) is 14.7 Å². The summed E-state index contributed by atoms with van der Waals surface area (Å²) >= 11 is 0. The Labute approximate surface area is 105 Å². The molecule has 0 aromatic heterocycles. The summed E-state index contributed by atoms with van der Waals surface area (Å²) in [6.45, 7) is 1.57. The zero-order chi connectivity index (χ0) is 13.0. The molecule has 1 aliphatic heterocycles. The van der Waals surface area contributed by atoms with Gasteiger partial charge in [-0.05, 0) is 31.0 Å². The van der Waals surface area contributed by atoms with Crippen LogP contribution in [0.3, 0.4) is 0 Å². The van der Waals surface area contributed by atoms with Crippen LogP contribution in [0.25, 0.3) is 0 Å². The number of carbonyl (C=O) groups is 2. The van der Waals surface area contributed by atoms with E-state index in [1.54, 1.807) is 17.0 Å². The first-order chi connectivity index (χ1) is 8.66. The summed E-state index contributed by atoms with van der Waals surface area (Å²) in [6.07, 6.45) is 2.07. The fourth-order valence-corrected chi connectivity index (χ4v) is 1.98. The van der Waals surface area contributed by atoms with E-state index in [0.717, 1.165) is 25.9 Å². The molecule has 1 aromatic carbocycles. The molecule has 5 heteroatoms. The van der Waals surface area contributed by atoms with Gasteiger partial charge < -0.3 is 15.3 Å². The van der Waals surface area contributed by atoms with Gasteiger partial charge in [-0.1, -0.05) is 6.07 Å². The van der Waals surface area contributed by atoms with Crippen molar-refractivity contribution in [3.05, 3.63) is 29.8 Å². The van der Waals surface area contributed by atoms with Gasteiger partial charge in [0.05, 0.1) is 6.54 Å². The molecule has 2 amide bonds. The molecule has 18 heavy (non-hydrogen) atoms. The maximum atomic E-state index is 11.7. The van der Waals surface area contributed by atoms with Crippen LogP contribution in [0.4, 0.5) is 0 Å². The first-order valence-corrected chi connectivity index (χ1v) is 6.02. The van der Waals surface area contributed by atoms with E-state index in [-0.39, 0.29) is 24.1 Å². The molecule has 1 saturated heterocycles. The van der Waals surface area contributed by atoms with Crippen LogP contribution in [0.15, 0.2) is 24.3 Å². The van der Waals surface area contributed by atoms with Gasteiger partial charge in [0.1, 0.15) is 5.75 Å². The van der Waals surface area contributed by atoms with E-state index in [0.29, 0.717) is 5.56 Å². The van der Waals surface area contributed by atoms with Crippen molar-refractivity contribution in [2.24, 2.45) is 0 Å². The number of amides is 2. The van der Waals surface area contributed by atoms with Gasteiger partial charge in [0, 0.05) is 18.7 Å². The van der Waals surface area contributed by atoms with Crippen LogP contribution in [0.2, 0.25) is 0 Å². The molecule has 2 N–H and O–H groups in total. The number of nitrogens with zero attached hydrogens (tertiary/aromatic N) is 1. The number of rotatable bonds is 3. The van der Waals surface area contributed by atoms with Crippen LogP contribution in [-0.4, -0.2) is 41.5 Å². The Morgan fingerprint density at radius 3 is 2.67 bits per heavy atom. The van der Waals surface area contributed by atoms with Crippen molar-refractivity contribution in [1.82, 2.24) is 10.2 Å². The van der Waals surface area contributed by atoms with E-state index < -0.39 is 0 Å². The monoisotopic (exact) mass is 248 g/mol. The summed E-state index contributed by atoms with van der Waals surface area (Å²) in [6, 6.07) is 6.05. The summed E-state index contributed by atoms with van der Waals surface area (Å²) in [5.41, 5.74) is 0.351. The number of likely N-dealkylation sites (tertiary alicyclic amines) is 1. The van der Waals surface area contributed by atoms with Crippen molar-refractivity contribution in [3.8, 4) is 5.75 Å². The van der Waals surface area contributed by atoms with Crippen LogP contribution in [0, 0.1) is 0 Å². The van der Waals surface area contributed by atoms with Crippen LogP contribution in [0.5, 0.6) is 5.75 Å². The van der Waals surface area contributed by atoms with Crippen molar-refractivity contribution < 1.29 is 14.7 Å². The number of nitrogens with one attached hydrogen (secondary N) is 1. The van der Waals surface area contributed by atoms with Gasteiger partial charge in [-0.25, -0.2) is 0 Å². The summed E-state index contributed by atoms with van der Waals surface area (Å²) in [5.74, 6) is -0.368. The predicted molar refractivity (Wildman–Crippen MR) is 66.3 cm³/mol. The van der Waals surface area contributed by atoms with Crippen LogP contribution in [0.1, 0.15) is 23.2 Å². The Morgan fingerprint density at radius 2 is 2.00 bits per heavy atom. The summed E-state index contributed by atoms with van der Waals surface area (Å²) < 4.78 is 0. The second kappa shape index (κ2) is 5.53. The topological polar surface area (TPSA) is 69.6 Å². The first-order valence-electron chi connectivity index (χ1n) is 6.02. The van der Waals surface area contributed by atoms with E-state index in [1.165, 1.54) is 12.1 Å². The zero-order valence-electron chi connectivity index (χ0n) is 10.1. The highest BCUT2D eigenvalue weighted by atomic mass is 16.3. The van der Waals surface area contributed by atoms with Gasteiger partial charge in [-0.3, -0.25) is 9.59 Å². The third kappa shape index (κ3) is 3.00. The molecule has 0 saturated carbocycles. The van der Waals surface area contributed by atoms with E-state index in [1.807, 2.05) is 0 Å². The highest BCUT2D eigenvalue weighted by Crippen LogP contribution is 2.10. The van der Waals surface area contributed by atoms with Crippen LogP contribution < -0.4 is 5.32 Å². The molecular weight excluding hydrogens is 232 g/mol. The molecule has 2 rings (SSSR count). The molecule has 1 fully saturated rings. The standard InChI is InChI=1S/C13H16N2O3/c16-11-5-3-4-10(8-11)13(18)14-9-12(17)15-6-1-2-7-15/h3-5,8,16H,1-2,6-7,9H2,(H,14,18). The molecule has 0 unspecified atom stereocenters. The van der Waals surface area contributed by atoms with Gasteiger partial charge in [0.25, 0.3) is 5.91 Å². The predicted octanol–water partition coefficient (Wildman–Crippen LogP) is 0.744. The molecular formula is C13H16N2O3. The quantitative estimate of drug-likeness (QED) is 0.829. The SMILES string of the molecule is O=C(NCC(=O)N1CCCC1)c1cccc(O)c1.